The summed E-state index contributed by atoms with van der Waals surface area (Å²) in [4.78, 5) is 14.4. The maximum atomic E-state index is 12.9. The third-order valence-electron chi connectivity index (χ3n) is 3.86. The molecule has 0 aliphatic carbocycles. The quantitative estimate of drug-likeness (QED) is 0.858. The first kappa shape index (κ1) is 16.5. The van der Waals surface area contributed by atoms with E-state index in [2.05, 4.69) is 0 Å². The molecule has 1 saturated heterocycles. The molecule has 1 aliphatic heterocycles. The van der Waals surface area contributed by atoms with Gasteiger partial charge in [-0.25, -0.2) is 4.39 Å². The molecule has 0 unspecified atom stereocenters. The first-order valence-electron chi connectivity index (χ1n) is 7.99. The van der Waals surface area contributed by atoms with E-state index in [0.717, 1.165) is 0 Å². The fourth-order valence-corrected chi connectivity index (χ4v) is 2.83. The van der Waals surface area contributed by atoms with E-state index < -0.39 is 0 Å². The predicted octanol–water partition coefficient (Wildman–Crippen LogP) is 3.87. The summed E-state index contributed by atoms with van der Waals surface area (Å²) >= 11 is 0. The summed E-state index contributed by atoms with van der Waals surface area (Å²) in [6.07, 6.45) is 0.0811. The standard InChI is InChI=1S/C19H20FNO3/c1-13-11-21(12-14(2)23-13)19(22)15-3-7-17(8-4-15)24-18-9-5-16(20)6-10-18/h3-10,13-14H,11-12H2,1-2H3/t13-,14+. The maximum absolute atomic E-state index is 12.9. The van der Waals surface area contributed by atoms with E-state index in [4.69, 9.17) is 9.47 Å². The SMILES string of the molecule is C[C@@H]1CN(C(=O)c2ccc(Oc3ccc(F)cc3)cc2)C[C@H](C)O1. The van der Waals surface area contributed by atoms with Gasteiger partial charge in [0.15, 0.2) is 0 Å². The van der Waals surface area contributed by atoms with E-state index in [1.54, 1.807) is 36.4 Å². The molecule has 1 amide bonds. The molecular formula is C19H20FNO3. The minimum atomic E-state index is -0.308. The number of carbonyl (C=O) groups excluding carboxylic acids is 1. The van der Waals surface area contributed by atoms with Gasteiger partial charge in [0, 0.05) is 18.7 Å². The second kappa shape index (κ2) is 7.01. The van der Waals surface area contributed by atoms with Crippen molar-refractivity contribution in [3.05, 3.63) is 59.9 Å². The fraction of sp³-hybridized carbons (Fsp3) is 0.316. The Hall–Kier alpha value is -2.40. The molecule has 1 heterocycles. The van der Waals surface area contributed by atoms with Crippen molar-refractivity contribution < 1.29 is 18.7 Å². The second-order valence-electron chi connectivity index (χ2n) is 6.05. The lowest BCUT2D eigenvalue weighted by atomic mass is 10.1. The molecule has 1 fully saturated rings. The average Bonchev–Trinajstić information content (AvgIpc) is 2.56. The summed E-state index contributed by atoms with van der Waals surface area (Å²) in [6, 6.07) is 12.8. The Morgan fingerprint density at radius 1 is 1.00 bits per heavy atom. The van der Waals surface area contributed by atoms with E-state index in [1.807, 2.05) is 18.7 Å². The molecule has 1 aliphatic rings. The van der Waals surface area contributed by atoms with Crippen molar-refractivity contribution >= 4 is 5.91 Å². The van der Waals surface area contributed by atoms with E-state index in [9.17, 15) is 9.18 Å². The van der Waals surface area contributed by atoms with Gasteiger partial charge in [0.2, 0.25) is 0 Å². The summed E-state index contributed by atoms with van der Waals surface area (Å²) in [5, 5.41) is 0. The summed E-state index contributed by atoms with van der Waals surface area (Å²) in [7, 11) is 0. The zero-order valence-corrected chi connectivity index (χ0v) is 13.7. The predicted molar refractivity (Wildman–Crippen MR) is 88.8 cm³/mol. The van der Waals surface area contributed by atoms with Crippen LogP contribution in [0.3, 0.4) is 0 Å². The number of nitrogens with zero attached hydrogens (tertiary/aromatic N) is 1. The van der Waals surface area contributed by atoms with Gasteiger partial charge in [-0.1, -0.05) is 0 Å². The number of halogens is 1. The molecular weight excluding hydrogens is 309 g/mol. The number of rotatable bonds is 3. The van der Waals surface area contributed by atoms with Crippen molar-refractivity contribution in [2.45, 2.75) is 26.1 Å². The number of benzene rings is 2. The number of hydrogen-bond acceptors (Lipinski definition) is 3. The van der Waals surface area contributed by atoms with Crippen LogP contribution in [-0.4, -0.2) is 36.1 Å². The summed E-state index contributed by atoms with van der Waals surface area (Å²) in [6.45, 7) is 5.12. The molecule has 0 radical (unpaired) electrons. The van der Waals surface area contributed by atoms with Gasteiger partial charge in [0.25, 0.3) is 5.91 Å². The fourth-order valence-electron chi connectivity index (χ4n) is 2.83. The second-order valence-corrected chi connectivity index (χ2v) is 6.05. The Balaban J connectivity index is 1.67. The molecule has 0 bridgehead atoms. The van der Waals surface area contributed by atoms with Crippen LogP contribution in [0.5, 0.6) is 11.5 Å². The number of ether oxygens (including phenoxy) is 2. The van der Waals surface area contributed by atoms with Crippen LogP contribution in [-0.2, 0) is 4.74 Å². The molecule has 0 aromatic heterocycles. The first-order valence-corrected chi connectivity index (χ1v) is 7.99. The normalized spacial score (nSPS) is 20.7. The van der Waals surface area contributed by atoms with Gasteiger partial charge in [-0.2, -0.15) is 0 Å². The summed E-state index contributed by atoms with van der Waals surface area (Å²) in [5.74, 6) is 0.829. The highest BCUT2D eigenvalue weighted by molar-refractivity contribution is 5.94. The highest BCUT2D eigenvalue weighted by Crippen LogP contribution is 2.23. The monoisotopic (exact) mass is 329 g/mol. The Morgan fingerprint density at radius 2 is 1.50 bits per heavy atom. The molecule has 2 aromatic rings. The Kier molecular flexibility index (Phi) is 4.81. The number of hydrogen-bond donors (Lipinski definition) is 0. The van der Waals surface area contributed by atoms with Crippen molar-refractivity contribution in [2.75, 3.05) is 13.1 Å². The van der Waals surface area contributed by atoms with Gasteiger partial charge in [0.05, 0.1) is 12.2 Å². The van der Waals surface area contributed by atoms with E-state index in [1.165, 1.54) is 12.1 Å². The highest BCUT2D eigenvalue weighted by Gasteiger charge is 2.26. The Morgan fingerprint density at radius 3 is 2.04 bits per heavy atom. The van der Waals surface area contributed by atoms with Crippen LogP contribution in [0.2, 0.25) is 0 Å². The van der Waals surface area contributed by atoms with Crippen LogP contribution >= 0.6 is 0 Å². The van der Waals surface area contributed by atoms with Crippen LogP contribution in [0.1, 0.15) is 24.2 Å². The van der Waals surface area contributed by atoms with Gasteiger partial charge in [-0.3, -0.25) is 4.79 Å². The lowest BCUT2D eigenvalue weighted by molar-refractivity contribution is -0.0586. The summed E-state index contributed by atoms with van der Waals surface area (Å²) in [5.41, 5.74) is 0.614. The topological polar surface area (TPSA) is 38.8 Å². The Labute approximate surface area is 140 Å². The van der Waals surface area contributed by atoms with Crippen LogP contribution in [0, 0.1) is 5.82 Å². The summed E-state index contributed by atoms with van der Waals surface area (Å²) < 4.78 is 24.2. The van der Waals surface area contributed by atoms with E-state index in [0.29, 0.717) is 30.2 Å². The van der Waals surface area contributed by atoms with Crippen molar-refractivity contribution in [1.29, 1.82) is 0 Å². The van der Waals surface area contributed by atoms with Gasteiger partial charge < -0.3 is 14.4 Å². The molecule has 126 valence electrons. The third kappa shape index (κ3) is 3.92. The minimum absolute atomic E-state index is 0.00895. The van der Waals surface area contributed by atoms with Crippen molar-refractivity contribution in [3.8, 4) is 11.5 Å². The number of carbonyl (C=O) groups is 1. The van der Waals surface area contributed by atoms with Gasteiger partial charge in [-0.15, -0.1) is 0 Å². The largest absolute Gasteiger partial charge is 0.457 e. The molecule has 2 aromatic carbocycles. The van der Waals surface area contributed by atoms with E-state index >= 15 is 0 Å². The van der Waals surface area contributed by atoms with Crippen LogP contribution in [0.25, 0.3) is 0 Å². The Bertz CT molecular complexity index is 690. The van der Waals surface area contributed by atoms with Crippen LogP contribution in [0.4, 0.5) is 4.39 Å². The molecule has 5 heteroatoms. The van der Waals surface area contributed by atoms with Crippen LogP contribution in [0.15, 0.2) is 48.5 Å². The number of amides is 1. The zero-order valence-electron chi connectivity index (χ0n) is 13.7. The first-order chi connectivity index (χ1) is 11.5. The average molecular weight is 329 g/mol. The highest BCUT2D eigenvalue weighted by atomic mass is 19.1. The van der Waals surface area contributed by atoms with Crippen molar-refractivity contribution in [1.82, 2.24) is 4.90 Å². The van der Waals surface area contributed by atoms with E-state index in [-0.39, 0.29) is 23.9 Å². The molecule has 0 N–H and O–H groups in total. The molecule has 4 nitrogen and oxygen atoms in total. The zero-order chi connectivity index (χ0) is 17.1. The molecule has 0 saturated carbocycles. The molecule has 3 rings (SSSR count). The molecule has 0 spiro atoms. The maximum Gasteiger partial charge on any atom is 0.254 e. The van der Waals surface area contributed by atoms with Crippen molar-refractivity contribution in [3.63, 3.8) is 0 Å². The third-order valence-corrected chi connectivity index (χ3v) is 3.86. The smallest absolute Gasteiger partial charge is 0.254 e. The van der Waals surface area contributed by atoms with Crippen LogP contribution < -0.4 is 4.74 Å². The van der Waals surface area contributed by atoms with Crippen molar-refractivity contribution in [2.24, 2.45) is 0 Å². The van der Waals surface area contributed by atoms with Gasteiger partial charge >= 0.3 is 0 Å². The molecule has 24 heavy (non-hydrogen) atoms. The van der Waals surface area contributed by atoms with Gasteiger partial charge in [0.1, 0.15) is 17.3 Å². The molecule has 2 atom stereocenters. The lowest BCUT2D eigenvalue weighted by Gasteiger charge is -2.35. The lowest BCUT2D eigenvalue weighted by Crippen LogP contribution is -2.48. The number of morpholine rings is 1. The van der Waals surface area contributed by atoms with Gasteiger partial charge in [-0.05, 0) is 62.4 Å². The minimum Gasteiger partial charge on any atom is -0.457 e.